The zero-order valence-electron chi connectivity index (χ0n) is 17.0. The number of hydrogen-bond acceptors (Lipinski definition) is 4. The number of ether oxygens (including phenoxy) is 3. The molecule has 0 spiro atoms. The van der Waals surface area contributed by atoms with Crippen LogP contribution < -0.4 is 19.5 Å². The van der Waals surface area contributed by atoms with Crippen LogP contribution in [0, 0.1) is 5.82 Å². The Kier molecular flexibility index (Phi) is 7.63. The predicted octanol–water partition coefficient (Wildman–Crippen LogP) is 4.93. The molecular formula is C24H24FNO3S. The molecule has 0 bridgehead atoms. The zero-order chi connectivity index (χ0) is 21.3. The van der Waals surface area contributed by atoms with Crippen LogP contribution in [0.15, 0.2) is 66.7 Å². The van der Waals surface area contributed by atoms with Crippen LogP contribution in [0.3, 0.4) is 0 Å². The van der Waals surface area contributed by atoms with E-state index >= 15 is 0 Å². The zero-order valence-corrected chi connectivity index (χ0v) is 17.8. The van der Waals surface area contributed by atoms with Crippen LogP contribution in [0.4, 0.5) is 4.39 Å². The second-order valence-corrected chi connectivity index (χ2v) is 7.01. The first kappa shape index (κ1) is 21.6. The summed E-state index contributed by atoms with van der Waals surface area (Å²) in [7, 11) is 3.24. The molecule has 1 N–H and O–H groups in total. The number of thiocarbonyl (C=S) groups is 1. The fourth-order valence-electron chi connectivity index (χ4n) is 2.95. The van der Waals surface area contributed by atoms with Gasteiger partial charge >= 0.3 is 0 Å². The summed E-state index contributed by atoms with van der Waals surface area (Å²) in [4.78, 5) is 0.580. The first-order chi connectivity index (χ1) is 14.6. The fourth-order valence-corrected chi connectivity index (χ4v) is 3.21. The van der Waals surface area contributed by atoms with E-state index in [1.165, 1.54) is 17.7 Å². The van der Waals surface area contributed by atoms with Crippen molar-refractivity contribution < 1.29 is 18.6 Å². The van der Waals surface area contributed by atoms with Crippen LogP contribution in [-0.4, -0.2) is 25.8 Å². The van der Waals surface area contributed by atoms with E-state index in [0.717, 1.165) is 23.3 Å². The standard InChI is InChI=1S/C24H24FNO3S/c1-27-20-12-8-17(9-13-20)14-15-26-24(30)21-4-3-5-22(28-2)23(21)29-16-18-6-10-19(25)11-7-18/h3-13H,14-16H2,1-2H3,(H,26,30). The van der Waals surface area contributed by atoms with Gasteiger partial charge in [-0.1, -0.05) is 42.5 Å². The van der Waals surface area contributed by atoms with Crippen molar-refractivity contribution in [3.05, 3.63) is 89.2 Å². The molecule has 30 heavy (non-hydrogen) atoms. The highest BCUT2D eigenvalue weighted by Crippen LogP contribution is 2.32. The van der Waals surface area contributed by atoms with Gasteiger partial charge < -0.3 is 19.5 Å². The SMILES string of the molecule is COc1ccc(CCNC(=S)c2cccc(OC)c2OCc2ccc(F)cc2)cc1. The quantitative estimate of drug-likeness (QED) is 0.492. The third kappa shape index (κ3) is 5.70. The number of methoxy groups -OCH3 is 2. The molecule has 0 aliphatic rings. The van der Waals surface area contributed by atoms with Crippen molar-refractivity contribution in [1.29, 1.82) is 0 Å². The van der Waals surface area contributed by atoms with Crippen molar-refractivity contribution >= 4 is 17.2 Å². The van der Waals surface area contributed by atoms with E-state index in [4.69, 9.17) is 26.4 Å². The lowest BCUT2D eigenvalue weighted by molar-refractivity contribution is 0.284. The maximum atomic E-state index is 13.1. The van der Waals surface area contributed by atoms with Gasteiger partial charge in [0.2, 0.25) is 0 Å². The van der Waals surface area contributed by atoms with E-state index in [2.05, 4.69) is 5.32 Å². The van der Waals surface area contributed by atoms with Crippen LogP contribution in [-0.2, 0) is 13.0 Å². The highest BCUT2D eigenvalue weighted by molar-refractivity contribution is 7.80. The van der Waals surface area contributed by atoms with Crippen LogP contribution >= 0.6 is 12.2 Å². The molecule has 4 nitrogen and oxygen atoms in total. The average molecular weight is 426 g/mol. The van der Waals surface area contributed by atoms with E-state index in [1.54, 1.807) is 26.4 Å². The normalized spacial score (nSPS) is 10.4. The largest absolute Gasteiger partial charge is 0.497 e. The lowest BCUT2D eigenvalue weighted by atomic mass is 10.1. The molecule has 0 heterocycles. The summed E-state index contributed by atoms with van der Waals surface area (Å²) in [5.74, 6) is 1.71. The molecular weight excluding hydrogens is 401 g/mol. The van der Waals surface area contributed by atoms with Crippen LogP contribution in [0.1, 0.15) is 16.7 Å². The maximum Gasteiger partial charge on any atom is 0.171 e. The molecule has 0 radical (unpaired) electrons. The Morgan fingerprint density at radius 2 is 1.60 bits per heavy atom. The van der Waals surface area contributed by atoms with Gasteiger partial charge in [0.1, 0.15) is 23.2 Å². The first-order valence-corrected chi connectivity index (χ1v) is 9.97. The summed E-state index contributed by atoms with van der Waals surface area (Å²) in [6.45, 7) is 0.960. The smallest absolute Gasteiger partial charge is 0.171 e. The summed E-state index contributed by atoms with van der Waals surface area (Å²) < 4.78 is 29.8. The Hall–Kier alpha value is -3.12. The van der Waals surface area contributed by atoms with Crippen LogP contribution in [0.25, 0.3) is 0 Å². The van der Waals surface area contributed by atoms with Crippen molar-refractivity contribution in [3.8, 4) is 17.2 Å². The molecule has 0 aliphatic heterocycles. The van der Waals surface area contributed by atoms with Crippen molar-refractivity contribution in [1.82, 2.24) is 5.32 Å². The Morgan fingerprint density at radius 1 is 0.900 bits per heavy atom. The van der Waals surface area contributed by atoms with Gasteiger partial charge in [0.25, 0.3) is 0 Å². The summed E-state index contributed by atoms with van der Waals surface area (Å²) >= 11 is 5.60. The number of benzene rings is 3. The molecule has 0 atom stereocenters. The average Bonchev–Trinajstić information content (AvgIpc) is 2.78. The minimum Gasteiger partial charge on any atom is -0.497 e. The Morgan fingerprint density at radius 3 is 2.27 bits per heavy atom. The molecule has 0 amide bonds. The summed E-state index contributed by atoms with van der Waals surface area (Å²) in [5, 5.41) is 3.29. The third-order valence-corrected chi connectivity index (χ3v) is 4.96. The fraction of sp³-hybridized carbons (Fsp3) is 0.208. The molecule has 3 rings (SSSR count). The lowest BCUT2D eigenvalue weighted by Crippen LogP contribution is -2.25. The lowest BCUT2D eigenvalue weighted by Gasteiger charge is -2.17. The van der Waals surface area contributed by atoms with E-state index in [-0.39, 0.29) is 12.4 Å². The van der Waals surface area contributed by atoms with E-state index in [0.29, 0.717) is 23.0 Å². The molecule has 0 unspecified atom stereocenters. The van der Waals surface area contributed by atoms with Gasteiger partial charge in [-0.05, 0) is 53.9 Å². The van der Waals surface area contributed by atoms with Gasteiger partial charge in [0.15, 0.2) is 11.5 Å². The van der Waals surface area contributed by atoms with Crippen LogP contribution in [0.5, 0.6) is 17.2 Å². The second-order valence-electron chi connectivity index (χ2n) is 6.61. The maximum absolute atomic E-state index is 13.1. The Labute approximate surface area is 181 Å². The summed E-state index contributed by atoms with van der Waals surface area (Å²) in [5.41, 5.74) is 2.79. The number of nitrogens with one attached hydrogen (secondary N) is 1. The number of halogens is 1. The van der Waals surface area contributed by atoms with E-state index in [9.17, 15) is 4.39 Å². The molecule has 3 aromatic carbocycles. The molecule has 0 saturated carbocycles. The number of rotatable bonds is 9. The minimum absolute atomic E-state index is 0.279. The van der Waals surface area contributed by atoms with Crippen molar-refractivity contribution in [2.45, 2.75) is 13.0 Å². The van der Waals surface area contributed by atoms with Gasteiger partial charge in [0.05, 0.1) is 19.8 Å². The minimum atomic E-state index is -0.279. The van der Waals surface area contributed by atoms with Crippen molar-refractivity contribution in [2.75, 3.05) is 20.8 Å². The van der Waals surface area contributed by atoms with Gasteiger partial charge in [-0.3, -0.25) is 0 Å². The van der Waals surface area contributed by atoms with Gasteiger partial charge in [-0.2, -0.15) is 0 Å². The van der Waals surface area contributed by atoms with Gasteiger partial charge in [-0.15, -0.1) is 0 Å². The monoisotopic (exact) mass is 425 g/mol. The molecule has 0 aliphatic carbocycles. The Bertz CT molecular complexity index is 975. The van der Waals surface area contributed by atoms with Crippen molar-refractivity contribution in [3.63, 3.8) is 0 Å². The predicted molar refractivity (Wildman–Crippen MR) is 120 cm³/mol. The highest BCUT2D eigenvalue weighted by Gasteiger charge is 2.14. The molecule has 0 aromatic heterocycles. The number of para-hydroxylation sites is 1. The second kappa shape index (κ2) is 10.6. The van der Waals surface area contributed by atoms with Crippen LogP contribution in [0.2, 0.25) is 0 Å². The number of hydrogen-bond donors (Lipinski definition) is 1. The van der Waals surface area contributed by atoms with E-state index in [1.807, 2.05) is 42.5 Å². The molecule has 0 saturated heterocycles. The third-order valence-electron chi connectivity index (χ3n) is 4.60. The topological polar surface area (TPSA) is 39.7 Å². The highest BCUT2D eigenvalue weighted by atomic mass is 32.1. The Balaban J connectivity index is 1.65. The molecule has 3 aromatic rings. The molecule has 156 valence electrons. The molecule has 0 fully saturated rings. The molecule has 6 heteroatoms. The first-order valence-electron chi connectivity index (χ1n) is 9.56. The summed E-state index contributed by atoms with van der Waals surface area (Å²) in [6, 6.07) is 19.7. The van der Waals surface area contributed by atoms with Gasteiger partial charge in [-0.25, -0.2) is 4.39 Å². The van der Waals surface area contributed by atoms with Crippen molar-refractivity contribution in [2.24, 2.45) is 0 Å². The van der Waals surface area contributed by atoms with Gasteiger partial charge in [0, 0.05) is 6.54 Å². The summed E-state index contributed by atoms with van der Waals surface area (Å²) in [6.07, 6.45) is 0.819. The van der Waals surface area contributed by atoms with E-state index < -0.39 is 0 Å².